The molecule has 0 fully saturated rings. The van der Waals surface area contributed by atoms with Crippen LogP contribution in [0.4, 0.5) is 10.1 Å². The van der Waals surface area contributed by atoms with Crippen LogP contribution >= 0.6 is 0 Å². The second kappa shape index (κ2) is 5.35. The molecule has 0 bridgehead atoms. The van der Waals surface area contributed by atoms with E-state index < -0.39 is 5.82 Å². The topological polar surface area (TPSA) is 57.4 Å². The fourth-order valence-corrected chi connectivity index (χ4v) is 1.42. The molecule has 94 valence electrons. The van der Waals surface area contributed by atoms with Gasteiger partial charge in [-0.15, -0.1) is 0 Å². The number of halogens is 1. The summed E-state index contributed by atoms with van der Waals surface area (Å²) in [5.41, 5.74) is 5.80. The van der Waals surface area contributed by atoms with Crippen LogP contribution in [0.15, 0.2) is 36.5 Å². The van der Waals surface area contributed by atoms with Gasteiger partial charge in [0.25, 0.3) is 5.88 Å². The zero-order chi connectivity index (χ0) is 13.0. The second-order valence-electron chi connectivity index (χ2n) is 3.53. The molecule has 2 aromatic rings. The number of ether oxygens (including phenoxy) is 2. The Labute approximate surface area is 104 Å². The Morgan fingerprint density at radius 2 is 2.11 bits per heavy atom. The monoisotopic (exact) mass is 248 g/mol. The summed E-state index contributed by atoms with van der Waals surface area (Å²) in [6.45, 7) is 2.33. The highest BCUT2D eigenvalue weighted by atomic mass is 19.1. The summed E-state index contributed by atoms with van der Waals surface area (Å²) in [5.74, 6) is 0.214. The number of anilines is 1. The smallest absolute Gasteiger partial charge is 0.262 e. The summed E-state index contributed by atoms with van der Waals surface area (Å²) < 4.78 is 24.3. The number of benzene rings is 1. The van der Waals surface area contributed by atoms with Crippen molar-refractivity contribution < 1.29 is 13.9 Å². The van der Waals surface area contributed by atoms with E-state index in [4.69, 9.17) is 15.2 Å². The number of hydrogen-bond donors (Lipinski definition) is 1. The Bertz CT molecular complexity index is 546. The molecule has 1 aromatic heterocycles. The summed E-state index contributed by atoms with van der Waals surface area (Å²) in [6.07, 6.45) is 1.55. The van der Waals surface area contributed by atoms with Crippen molar-refractivity contribution in [1.29, 1.82) is 0 Å². The fraction of sp³-hybridized carbons (Fsp3) is 0.154. The van der Waals surface area contributed by atoms with Gasteiger partial charge in [0, 0.05) is 18.0 Å². The molecule has 2 rings (SSSR count). The number of nitrogen functional groups attached to an aromatic ring is 1. The van der Waals surface area contributed by atoms with E-state index in [0.717, 1.165) is 0 Å². The largest absolute Gasteiger partial charge is 0.488 e. The molecular formula is C13H13FN2O2. The van der Waals surface area contributed by atoms with Gasteiger partial charge in [0.2, 0.25) is 0 Å². The van der Waals surface area contributed by atoms with Gasteiger partial charge in [0.1, 0.15) is 0 Å². The maximum Gasteiger partial charge on any atom is 0.262 e. The van der Waals surface area contributed by atoms with Crippen LogP contribution in [0.5, 0.6) is 17.4 Å². The first-order valence-corrected chi connectivity index (χ1v) is 5.51. The molecule has 1 heterocycles. The molecule has 0 saturated heterocycles. The Morgan fingerprint density at radius 1 is 1.28 bits per heavy atom. The van der Waals surface area contributed by atoms with Gasteiger partial charge in [0.05, 0.1) is 6.61 Å². The van der Waals surface area contributed by atoms with Gasteiger partial charge in [-0.25, -0.2) is 9.37 Å². The van der Waals surface area contributed by atoms with E-state index in [2.05, 4.69) is 4.98 Å². The molecule has 0 aliphatic carbocycles. The van der Waals surface area contributed by atoms with Crippen molar-refractivity contribution in [1.82, 2.24) is 4.98 Å². The quantitative estimate of drug-likeness (QED) is 0.845. The average molecular weight is 248 g/mol. The summed E-state index contributed by atoms with van der Waals surface area (Å²) in [6, 6.07) is 7.63. The van der Waals surface area contributed by atoms with E-state index in [-0.39, 0.29) is 11.6 Å². The first kappa shape index (κ1) is 12.2. The highest BCUT2D eigenvalue weighted by Crippen LogP contribution is 2.30. The molecule has 4 nitrogen and oxygen atoms in total. The molecule has 0 spiro atoms. The van der Waals surface area contributed by atoms with E-state index >= 15 is 0 Å². The van der Waals surface area contributed by atoms with Gasteiger partial charge in [-0.05, 0) is 31.2 Å². The van der Waals surface area contributed by atoms with Gasteiger partial charge in [-0.3, -0.25) is 0 Å². The van der Waals surface area contributed by atoms with E-state index in [1.807, 2.05) is 6.92 Å². The lowest BCUT2D eigenvalue weighted by Gasteiger charge is -2.10. The number of pyridine rings is 1. The van der Waals surface area contributed by atoms with Crippen molar-refractivity contribution in [2.45, 2.75) is 6.92 Å². The minimum atomic E-state index is -0.539. The zero-order valence-corrected chi connectivity index (χ0v) is 9.89. The zero-order valence-electron chi connectivity index (χ0n) is 9.89. The fourth-order valence-electron chi connectivity index (χ4n) is 1.42. The Hall–Kier alpha value is -2.30. The molecule has 1 aromatic carbocycles. The van der Waals surface area contributed by atoms with Crippen molar-refractivity contribution in [3.63, 3.8) is 0 Å². The highest BCUT2D eigenvalue weighted by Gasteiger charge is 2.10. The normalized spacial score (nSPS) is 10.1. The van der Waals surface area contributed by atoms with Crippen LogP contribution in [-0.4, -0.2) is 11.6 Å². The first-order valence-electron chi connectivity index (χ1n) is 5.51. The summed E-state index contributed by atoms with van der Waals surface area (Å²) in [5, 5.41) is 0. The molecule has 18 heavy (non-hydrogen) atoms. The van der Waals surface area contributed by atoms with Crippen molar-refractivity contribution in [3.05, 3.63) is 42.3 Å². The lowest BCUT2D eigenvalue weighted by Crippen LogP contribution is -1.98. The van der Waals surface area contributed by atoms with E-state index in [9.17, 15) is 4.39 Å². The highest BCUT2D eigenvalue weighted by molar-refractivity contribution is 5.45. The molecule has 5 heteroatoms. The lowest BCUT2D eigenvalue weighted by molar-refractivity contribution is 0.313. The third kappa shape index (κ3) is 2.68. The SMILES string of the molecule is CCOc1cccnc1Oc1ccc(N)cc1F. The number of aromatic nitrogens is 1. The number of hydrogen-bond acceptors (Lipinski definition) is 4. The first-order chi connectivity index (χ1) is 8.70. The van der Waals surface area contributed by atoms with Crippen molar-refractivity contribution in [2.24, 2.45) is 0 Å². The predicted octanol–water partition coefficient (Wildman–Crippen LogP) is 2.99. The van der Waals surface area contributed by atoms with Crippen LogP contribution in [-0.2, 0) is 0 Å². The van der Waals surface area contributed by atoms with Gasteiger partial charge < -0.3 is 15.2 Å². The molecule has 0 aliphatic rings. The summed E-state index contributed by atoms with van der Waals surface area (Å²) in [4.78, 5) is 4.01. The standard InChI is InChI=1S/C13H13FN2O2/c1-2-17-12-4-3-7-16-13(12)18-11-6-5-9(15)8-10(11)14/h3-8H,2,15H2,1H3. The summed E-state index contributed by atoms with van der Waals surface area (Å²) >= 11 is 0. The third-order valence-corrected chi connectivity index (χ3v) is 2.20. The van der Waals surface area contributed by atoms with E-state index in [0.29, 0.717) is 18.0 Å². The van der Waals surface area contributed by atoms with Crippen molar-refractivity contribution >= 4 is 5.69 Å². The van der Waals surface area contributed by atoms with Crippen LogP contribution in [0.3, 0.4) is 0 Å². The van der Waals surface area contributed by atoms with Gasteiger partial charge >= 0.3 is 0 Å². The third-order valence-electron chi connectivity index (χ3n) is 2.20. The van der Waals surface area contributed by atoms with Gasteiger partial charge in [0.15, 0.2) is 17.3 Å². The van der Waals surface area contributed by atoms with Crippen LogP contribution in [0.25, 0.3) is 0 Å². The Balaban J connectivity index is 2.28. The lowest BCUT2D eigenvalue weighted by atomic mass is 10.3. The predicted molar refractivity (Wildman–Crippen MR) is 66.3 cm³/mol. The number of rotatable bonds is 4. The maximum atomic E-state index is 13.6. The minimum absolute atomic E-state index is 0.0591. The Kier molecular flexibility index (Phi) is 3.62. The Morgan fingerprint density at radius 3 is 2.83 bits per heavy atom. The van der Waals surface area contributed by atoms with Crippen LogP contribution in [0.2, 0.25) is 0 Å². The molecule has 0 atom stereocenters. The molecular weight excluding hydrogens is 235 g/mol. The molecule has 0 unspecified atom stereocenters. The van der Waals surface area contributed by atoms with Crippen LogP contribution in [0.1, 0.15) is 6.92 Å². The molecule has 0 amide bonds. The van der Waals surface area contributed by atoms with Gasteiger partial charge in [-0.1, -0.05) is 0 Å². The average Bonchev–Trinajstić information content (AvgIpc) is 2.35. The van der Waals surface area contributed by atoms with E-state index in [1.54, 1.807) is 24.4 Å². The minimum Gasteiger partial charge on any atom is -0.488 e. The van der Waals surface area contributed by atoms with Crippen LogP contribution < -0.4 is 15.2 Å². The molecule has 0 saturated carbocycles. The molecule has 0 radical (unpaired) electrons. The second-order valence-corrected chi connectivity index (χ2v) is 3.53. The number of nitrogens with two attached hydrogens (primary N) is 1. The summed E-state index contributed by atoms with van der Waals surface area (Å²) in [7, 11) is 0. The van der Waals surface area contributed by atoms with Crippen LogP contribution in [0, 0.1) is 5.82 Å². The van der Waals surface area contributed by atoms with Crippen molar-refractivity contribution in [2.75, 3.05) is 12.3 Å². The molecule has 2 N–H and O–H groups in total. The maximum absolute atomic E-state index is 13.6. The van der Waals surface area contributed by atoms with Gasteiger partial charge in [-0.2, -0.15) is 0 Å². The van der Waals surface area contributed by atoms with Crippen molar-refractivity contribution in [3.8, 4) is 17.4 Å². The number of nitrogens with zero attached hydrogens (tertiary/aromatic N) is 1. The molecule has 0 aliphatic heterocycles. The van der Waals surface area contributed by atoms with E-state index in [1.165, 1.54) is 12.1 Å².